The molecule has 0 fully saturated rings. The van der Waals surface area contributed by atoms with Gasteiger partial charge in [-0.3, -0.25) is 9.78 Å². The first-order valence-corrected chi connectivity index (χ1v) is 8.14. The Morgan fingerprint density at radius 2 is 1.83 bits per heavy atom. The molecule has 0 unspecified atom stereocenters. The van der Waals surface area contributed by atoms with E-state index in [9.17, 15) is 4.79 Å². The molecule has 0 spiro atoms. The second-order valence-corrected chi connectivity index (χ2v) is 5.75. The molecule has 0 aliphatic rings. The maximum Gasteiger partial charge on any atom is 0.253 e. The van der Waals surface area contributed by atoms with E-state index in [-0.39, 0.29) is 5.91 Å². The maximum absolute atomic E-state index is 12.4. The second kappa shape index (κ2) is 7.59. The van der Waals surface area contributed by atoms with E-state index in [4.69, 9.17) is 0 Å². The lowest BCUT2D eigenvalue weighted by Gasteiger charge is -2.19. The first-order chi connectivity index (χ1) is 11.8. The molecule has 1 heterocycles. The Morgan fingerprint density at radius 1 is 1.04 bits per heavy atom. The summed E-state index contributed by atoms with van der Waals surface area (Å²) >= 11 is 0. The third kappa shape index (κ3) is 3.71. The molecule has 1 N–H and O–H groups in total. The molecule has 24 heavy (non-hydrogen) atoms. The Bertz CT molecular complexity index is 812. The summed E-state index contributed by atoms with van der Waals surface area (Å²) in [5.41, 5.74) is 2.56. The van der Waals surface area contributed by atoms with Gasteiger partial charge < -0.3 is 10.2 Å². The molecule has 122 valence electrons. The molecule has 0 aliphatic carbocycles. The molecule has 0 saturated heterocycles. The van der Waals surface area contributed by atoms with E-state index < -0.39 is 0 Å². The number of hydrogen-bond donors (Lipinski definition) is 1. The molecule has 3 rings (SSSR count). The van der Waals surface area contributed by atoms with Gasteiger partial charge in [-0.15, -0.1) is 0 Å². The number of carbonyl (C=O) groups excluding carboxylic acids is 1. The number of pyridine rings is 1. The summed E-state index contributed by atoms with van der Waals surface area (Å²) in [5.74, 6) is -0.0679. The molecular weight excluding hydrogens is 298 g/mol. The Labute approximate surface area is 142 Å². The minimum atomic E-state index is -0.0679. The number of rotatable bonds is 6. The van der Waals surface area contributed by atoms with Crippen LogP contribution in [0.25, 0.3) is 10.9 Å². The lowest BCUT2D eigenvalue weighted by molar-refractivity contribution is 0.0955. The van der Waals surface area contributed by atoms with Gasteiger partial charge in [0.15, 0.2) is 0 Å². The lowest BCUT2D eigenvalue weighted by Crippen LogP contribution is -2.28. The normalized spacial score (nSPS) is 10.5. The van der Waals surface area contributed by atoms with Crippen molar-refractivity contribution < 1.29 is 4.79 Å². The van der Waals surface area contributed by atoms with Gasteiger partial charge in [0.25, 0.3) is 5.91 Å². The number of nitrogens with zero attached hydrogens (tertiary/aromatic N) is 2. The third-order valence-corrected chi connectivity index (χ3v) is 4.03. The van der Waals surface area contributed by atoms with Crippen molar-refractivity contribution in [2.24, 2.45) is 0 Å². The fraction of sp³-hybridized carbons (Fsp3) is 0.200. The predicted octanol–water partition coefficient (Wildman–Crippen LogP) is 3.49. The average Bonchev–Trinajstić information content (AvgIpc) is 2.65. The van der Waals surface area contributed by atoms with Crippen LogP contribution in [0.1, 0.15) is 16.8 Å². The van der Waals surface area contributed by atoms with Gasteiger partial charge in [0.1, 0.15) is 0 Å². The molecule has 0 aliphatic heterocycles. The summed E-state index contributed by atoms with van der Waals surface area (Å²) in [5, 5.41) is 3.97. The summed E-state index contributed by atoms with van der Waals surface area (Å²) in [6.07, 6.45) is 2.60. The van der Waals surface area contributed by atoms with Crippen LogP contribution in [0.4, 0.5) is 5.69 Å². The zero-order valence-corrected chi connectivity index (χ0v) is 13.8. The number of benzene rings is 2. The molecular formula is C20H21N3O. The van der Waals surface area contributed by atoms with Gasteiger partial charge in [-0.25, -0.2) is 0 Å². The van der Waals surface area contributed by atoms with Gasteiger partial charge in [0.2, 0.25) is 0 Å². The number of nitrogens with one attached hydrogen (secondary N) is 1. The molecule has 0 atom stereocenters. The number of aromatic nitrogens is 1. The average molecular weight is 319 g/mol. The number of hydrogen-bond acceptors (Lipinski definition) is 3. The minimum Gasteiger partial charge on any atom is -0.375 e. The van der Waals surface area contributed by atoms with Crippen LogP contribution in [-0.2, 0) is 0 Å². The largest absolute Gasteiger partial charge is 0.375 e. The van der Waals surface area contributed by atoms with Crippen molar-refractivity contribution in [3.05, 3.63) is 72.4 Å². The lowest BCUT2D eigenvalue weighted by atomic mass is 10.1. The molecule has 0 radical (unpaired) electrons. The molecule has 1 amide bonds. The Balaban J connectivity index is 1.54. The van der Waals surface area contributed by atoms with Crippen molar-refractivity contribution in [1.82, 2.24) is 10.3 Å². The van der Waals surface area contributed by atoms with E-state index in [0.717, 1.165) is 23.9 Å². The summed E-state index contributed by atoms with van der Waals surface area (Å²) in [4.78, 5) is 18.9. The standard InChI is InChI=1S/C20H21N3O/c1-23(17-10-3-2-4-11-17)15-7-14-22-20(24)18-12-5-8-16-9-6-13-21-19(16)18/h2-6,8-13H,7,14-15H2,1H3,(H,22,24). The van der Waals surface area contributed by atoms with Crippen LogP contribution in [0.15, 0.2) is 66.9 Å². The van der Waals surface area contributed by atoms with Crippen LogP contribution in [0.5, 0.6) is 0 Å². The predicted molar refractivity (Wildman–Crippen MR) is 98.4 cm³/mol. The number of para-hydroxylation sites is 2. The number of carbonyl (C=O) groups is 1. The SMILES string of the molecule is CN(CCCNC(=O)c1cccc2cccnc12)c1ccccc1. The van der Waals surface area contributed by atoms with Crippen molar-refractivity contribution in [2.45, 2.75) is 6.42 Å². The van der Waals surface area contributed by atoms with E-state index in [1.165, 1.54) is 5.69 Å². The quantitative estimate of drug-likeness (QED) is 0.707. The molecule has 0 bridgehead atoms. The van der Waals surface area contributed by atoms with Crippen LogP contribution in [0.2, 0.25) is 0 Å². The van der Waals surface area contributed by atoms with E-state index in [1.807, 2.05) is 48.5 Å². The Kier molecular flexibility index (Phi) is 5.06. The van der Waals surface area contributed by atoms with Crippen LogP contribution >= 0.6 is 0 Å². The minimum absolute atomic E-state index is 0.0679. The van der Waals surface area contributed by atoms with Crippen molar-refractivity contribution in [3.63, 3.8) is 0 Å². The first-order valence-electron chi connectivity index (χ1n) is 8.14. The van der Waals surface area contributed by atoms with Crippen molar-refractivity contribution in [3.8, 4) is 0 Å². The highest BCUT2D eigenvalue weighted by molar-refractivity contribution is 6.05. The van der Waals surface area contributed by atoms with Crippen LogP contribution in [0, 0.1) is 0 Å². The van der Waals surface area contributed by atoms with Crippen molar-refractivity contribution in [1.29, 1.82) is 0 Å². The fourth-order valence-corrected chi connectivity index (χ4v) is 2.71. The topological polar surface area (TPSA) is 45.2 Å². The van der Waals surface area contributed by atoms with E-state index >= 15 is 0 Å². The molecule has 4 nitrogen and oxygen atoms in total. The van der Waals surface area contributed by atoms with Gasteiger partial charge in [-0.1, -0.05) is 36.4 Å². The molecule has 2 aromatic carbocycles. The zero-order valence-electron chi connectivity index (χ0n) is 13.8. The molecule has 4 heteroatoms. The fourth-order valence-electron chi connectivity index (χ4n) is 2.71. The molecule has 1 aromatic heterocycles. The van der Waals surface area contributed by atoms with E-state index in [0.29, 0.717) is 12.1 Å². The van der Waals surface area contributed by atoms with E-state index in [2.05, 4.69) is 34.4 Å². The summed E-state index contributed by atoms with van der Waals surface area (Å²) < 4.78 is 0. The molecule has 0 saturated carbocycles. The molecule has 3 aromatic rings. The number of amides is 1. The van der Waals surface area contributed by atoms with Gasteiger partial charge in [-0.2, -0.15) is 0 Å². The summed E-state index contributed by atoms with van der Waals surface area (Å²) in [7, 11) is 2.06. The smallest absolute Gasteiger partial charge is 0.253 e. The maximum atomic E-state index is 12.4. The second-order valence-electron chi connectivity index (χ2n) is 5.75. The van der Waals surface area contributed by atoms with Crippen molar-refractivity contribution >= 4 is 22.5 Å². The van der Waals surface area contributed by atoms with E-state index in [1.54, 1.807) is 6.20 Å². The Hall–Kier alpha value is -2.88. The van der Waals surface area contributed by atoms with Crippen LogP contribution in [0.3, 0.4) is 0 Å². The highest BCUT2D eigenvalue weighted by Crippen LogP contribution is 2.15. The first kappa shape index (κ1) is 16.0. The highest BCUT2D eigenvalue weighted by Gasteiger charge is 2.10. The van der Waals surface area contributed by atoms with Gasteiger partial charge >= 0.3 is 0 Å². The van der Waals surface area contributed by atoms with Gasteiger partial charge in [0, 0.05) is 37.4 Å². The highest BCUT2D eigenvalue weighted by atomic mass is 16.1. The summed E-state index contributed by atoms with van der Waals surface area (Å²) in [6.45, 7) is 1.53. The Morgan fingerprint density at radius 3 is 2.67 bits per heavy atom. The zero-order chi connectivity index (χ0) is 16.8. The number of fused-ring (bicyclic) bond motifs is 1. The third-order valence-electron chi connectivity index (χ3n) is 4.03. The number of anilines is 1. The monoisotopic (exact) mass is 319 g/mol. The van der Waals surface area contributed by atoms with Crippen LogP contribution in [-0.4, -0.2) is 31.0 Å². The van der Waals surface area contributed by atoms with Crippen molar-refractivity contribution in [2.75, 3.05) is 25.0 Å². The van der Waals surface area contributed by atoms with Gasteiger partial charge in [0.05, 0.1) is 11.1 Å². The summed E-state index contributed by atoms with van der Waals surface area (Å²) in [6, 6.07) is 19.8. The van der Waals surface area contributed by atoms with Crippen LogP contribution < -0.4 is 10.2 Å². The van der Waals surface area contributed by atoms with Gasteiger partial charge in [-0.05, 0) is 30.7 Å².